The molecule has 0 spiro atoms. The summed E-state index contributed by atoms with van der Waals surface area (Å²) < 4.78 is 0. The number of carbonyl (C=O) groups excluding carboxylic acids is 2. The first-order chi connectivity index (χ1) is 9.97. The Morgan fingerprint density at radius 1 is 1.33 bits per heavy atom. The molecule has 0 fully saturated rings. The van der Waals surface area contributed by atoms with Gasteiger partial charge in [-0.3, -0.25) is 9.59 Å². The van der Waals surface area contributed by atoms with Crippen LogP contribution in [0.15, 0.2) is 29.6 Å². The zero-order chi connectivity index (χ0) is 15.4. The van der Waals surface area contributed by atoms with Gasteiger partial charge in [0.05, 0.1) is 10.6 Å². The Labute approximate surface area is 131 Å². The molecular formula is C15H14ClNO3S. The van der Waals surface area contributed by atoms with Gasteiger partial charge in [0.1, 0.15) is 5.75 Å². The summed E-state index contributed by atoms with van der Waals surface area (Å²) in [6.07, 6.45) is 0.189. The number of phenolic OH excluding ortho intramolecular Hbond substituents is 1. The first-order valence-corrected chi connectivity index (χ1v) is 7.59. The van der Waals surface area contributed by atoms with Crippen LogP contribution in [0.1, 0.15) is 28.1 Å². The zero-order valence-corrected chi connectivity index (χ0v) is 12.9. The Morgan fingerprint density at radius 3 is 2.76 bits per heavy atom. The molecule has 0 saturated heterocycles. The molecule has 2 rings (SSSR count). The molecule has 0 bridgehead atoms. The number of nitrogens with one attached hydrogen (secondary N) is 1. The molecule has 110 valence electrons. The predicted octanol–water partition coefficient (Wildman–Crippen LogP) is 4.02. The number of rotatable bonds is 5. The predicted molar refractivity (Wildman–Crippen MR) is 84.4 cm³/mol. The van der Waals surface area contributed by atoms with Gasteiger partial charge in [-0.2, -0.15) is 0 Å². The summed E-state index contributed by atoms with van der Waals surface area (Å²) in [4.78, 5) is 24.3. The van der Waals surface area contributed by atoms with Gasteiger partial charge < -0.3 is 10.4 Å². The minimum Gasteiger partial charge on any atom is -0.505 e. The Balaban J connectivity index is 1.95. The van der Waals surface area contributed by atoms with E-state index in [0.29, 0.717) is 15.5 Å². The van der Waals surface area contributed by atoms with Crippen molar-refractivity contribution in [3.05, 3.63) is 45.1 Å². The van der Waals surface area contributed by atoms with Gasteiger partial charge in [0.25, 0.3) is 0 Å². The van der Waals surface area contributed by atoms with Crippen molar-refractivity contribution in [2.75, 3.05) is 5.32 Å². The summed E-state index contributed by atoms with van der Waals surface area (Å²) in [6.45, 7) is 1.69. The molecule has 21 heavy (non-hydrogen) atoms. The monoisotopic (exact) mass is 323 g/mol. The number of Topliss-reactive ketones (excluding diaryl/α,β-unsaturated/α-hetero) is 1. The van der Waals surface area contributed by atoms with E-state index >= 15 is 0 Å². The number of phenols is 1. The van der Waals surface area contributed by atoms with Gasteiger partial charge in [0.2, 0.25) is 5.91 Å². The number of ketones is 1. The fraction of sp³-hybridized carbons (Fsp3) is 0.200. The van der Waals surface area contributed by atoms with Gasteiger partial charge in [-0.25, -0.2) is 0 Å². The van der Waals surface area contributed by atoms with Crippen molar-refractivity contribution in [3.63, 3.8) is 0 Å². The van der Waals surface area contributed by atoms with Crippen LogP contribution in [0, 0.1) is 6.92 Å². The minimum atomic E-state index is -0.336. The maximum Gasteiger partial charge on any atom is 0.224 e. The Morgan fingerprint density at radius 2 is 2.10 bits per heavy atom. The second-order valence-electron chi connectivity index (χ2n) is 4.57. The quantitative estimate of drug-likeness (QED) is 0.645. The molecule has 1 aromatic heterocycles. The second-order valence-corrected chi connectivity index (χ2v) is 5.95. The van der Waals surface area contributed by atoms with Crippen molar-refractivity contribution in [2.45, 2.75) is 19.8 Å². The van der Waals surface area contributed by atoms with E-state index in [9.17, 15) is 14.7 Å². The lowest BCUT2D eigenvalue weighted by atomic mass is 10.1. The summed E-state index contributed by atoms with van der Waals surface area (Å²) in [7, 11) is 0. The van der Waals surface area contributed by atoms with Crippen LogP contribution in [0.4, 0.5) is 5.69 Å². The number of aryl methyl sites for hydroxylation is 1. The molecule has 0 aliphatic heterocycles. The number of halogens is 1. The first-order valence-electron chi connectivity index (χ1n) is 6.33. The van der Waals surface area contributed by atoms with Gasteiger partial charge in [0, 0.05) is 17.9 Å². The molecule has 2 aromatic rings. The summed E-state index contributed by atoms with van der Waals surface area (Å²) in [5.74, 6) is -0.416. The summed E-state index contributed by atoms with van der Waals surface area (Å²) in [5, 5.41) is 14.7. The molecule has 0 aliphatic rings. The molecule has 0 atom stereocenters. The second kappa shape index (κ2) is 6.74. The molecule has 2 N–H and O–H groups in total. The molecule has 0 saturated carbocycles. The van der Waals surface area contributed by atoms with Crippen molar-refractivity contribution in [2.24, 2.45) is 0 Å². The zero-order valence-electron chi connectivity index (χ0n) is 11.4. The standard InChI is InChI=1S/C15H14ClNO3S/c1-9-7-10(16)8-11(15(9)20)17-14(19)5-4-12(18)13-3-2-6-21-13/h2-3,6-8,20H,4-5H2,1H3,(H,17,19). The van der Waals surface area contributed by atoms with Crippen LogP contribution in [0.2, 0.25) is 5.02 Å². The molecule has 1 aromatic carbocycles. The number of thiophene rings is 1. The fourth-order valence-electron chi connectivity index (χ4n) is 1.83. The third-order valence-corrected chi connectivity index (χ3v) is 4.04. The number of benzene rings is 1. The van der Waals surface area contributed by atoms with Crippen LogP contribution in [0.5, 0.6) is 5.75 Å². The highest BCUT2D eigenvalue weighted by atomic mass is 35.5. The highest BCUT2D eigenvalue weighted by Crippen LogP contribution is 2.31. The Bertz CT molecular complexity index is 668. The third kappa shape index (κ3) is 4.06. The molecule has 1 amide bonds. The highest BCUT2D eigenvalue weighted by molar-refractivity contribution is 7.12. The smallest absolute Gasteiger partial charge is 0.224 e. The van der Waals surface area contributed by atoms with Gasteiger partial charge in [-0.05, 0) is 36.1 Å². The molecule has 1 heterocycles. The lowest BCUT2D eigenvalue weighted by Crippen LogP contribution is -2.13. The van der Waals surface area contributed by atoms with E-state index in [-0.39, 0.29) is 36.0 Å². The van der Waals surface area contributed by atoms with Crippen LogP contribution in [-0.2, 0) is 4.79 Å². The van der Waals surface area contributed by atoms with Gasteiger partial charge in [0.15, 0.2) is 5.78 Å². The summed E-state index contributed by atoms with van der Waals surface area (Å²) >= 11 is 7.24. The van der Waals surface area contributed by atoms with E-state index in [4.69, 9.17) is 11.6 Å². The molecular weight excluding hydrogens is 310 g/mol. The van der Waals surface area contributed by atoms with Gasteiger partial charge in [-0.15, -0.1) is 11.3 Å². The largest absolute Gasteiger partial charge is 0.505 e. The first kappa shape index (κ1) is 15.5. The lowest BCUT2D eigenvalue weighted by molar-refractivity contribution is -0.116. The number of hydrogen-bond donors (Lipinski definition) is 2. The SMILES string of the molecule is Cc1cc(Cl)cc(NC(=O)CCC(=O)c2cccs2)c1O. The van der Waals surface area contributed by atoms with Crippen LogP contribution in [0.25, 0.3) is 0 Å². The van der Waals surface area contributed by atoms with Crippen molar-refractivity contribution in [1.82, 2.24) is 0 Å². The number of amides is 1. The average Bonchev–Trinajstić information content (AvgIpc) is 2.95. The van der Waals surface area contributed by atoms with Crippen LogP contribution >= 0.6 is 22.9 Å². The van der Waals surface area contributed by atoms with E-state index in [1.54, 1.807) is 25.1 Å². The van der Waals surface area contributed by atoms with E-state index in [1.807, 2.05) is 5.38 Å². The lowest BCUT2D eigenvalue weighted by Gasteiger charge is -2.09. The van der Waals surface area contributed by atoms with E-state index in [2.05, 4.69) is 5.32 Å². The summed E-state index contributed by atoms with van der Waals surface area (Å²) in [5.41, 5.74) is 0.834. The van der Waals surface area contributed by atoms with E-state index < -0.39 is 0 Å². The topological polar surface area (TPSA) is 66.4 Å². The summed E-state index contributed by atoms with van der Waals surface area (Å²) in [6, 6.07) is 6.61. The normalized spacial score (nSPS) is 10.4. The molecule has 0 unspecified atom stereocenters. The number of anilines is 1. The Kier molecular flexibility index (Phi) is 4.98. The molecule has 0 radical (unpaired) electrons. The van der Waals surface area contributed by atoms with Crippen molar-refractivity contribution in [3.8, 4) is 5.75 Å². The third-order valence-electron chi connectivity index (χ3n) is 2.91. The minimum absolute atomic E-state index is 0.0164. The van der Waals surface area contributed by atoms with Gasteiger partial charge >= 0.3 is 0 Å². The number of carbonyl (C=O) groups is 2. The Hall–Kier alpha value is -1.85. The fourth-order valence-corrected chi connectivity index (χ4v) is 2.80. The molecule has 6 heteroatoms. The van der Waals surface area contributed by atoms with Crippen molar-refractivity contribution in [1.29, 1.82) is 0 Å². The molecule has 4 nitrogen and oxygen atoms in total. The average molecular weight is 324 g/mol. The van der Waals surface area contributed by atoms with E-state index in [0.717, 1.165) is 0 Å². The maximum absolute atomic E-state index is 11.8. The maximum atomic E-state index is 11.8. The number of aromatic hydroxyl groups is 1. The molecule has 0 aliphatic carbocycles. The van der Waals surface area contributed by atoms with E-state index in [1.165, 1.54) is 17.4 Å². The highest BCUT2D eigenvalue weighted by Gasteiger charge is 2.13. The van der Waals surface area contributed by atoms with Crippen LogP contribution in [0.3, 0.4) is 0 Å². The van der Waals surface area contributed by atoms with Crippen molar-refractivity contribution >= 4 is 40.3 Å². The van der Waals surface area contributed by atoms with Gasteiger partial charge in [-0.1, -0.05) is 17.7 Å². The van der Waals surface area contributed by atoms with Crippen LogP contribution in [-0.4, -0.2) is 16.8 Å². The van der Waals surface area contributed by atoms with Crippen molar-refractivity contribution < 1.29 is 14.7 Å². The number of hydrogen-bond acceptors (Lipinski definition) is 4. The van der Waals surface area contributed by atoms with Crippen LogP contribution < -0.4 is 5.32 Å².